The lowest BCUT2D eigenvalue weighted by molar-refractivity contribution is -0.0835. The highest BCUT2D eigenvalue weighted by Gasteiger charge is 2.58. The molecule has 4 aliphatic carbocycles. The Morgan fingerprint density at radius 1 is 1.04 bits per heavy atom. The molecule has 7 heteroatoms. The van der Waals surface area contributed by atoms with E-state index in [0.29, 0.717) is 18.3 Å². The minimum Gasteiger partial charge on any atom is -0.263 e. The molecule has 0 saturated heterocycles. The molecule has 5 rings (SSSR count). The Labute approximate surface area is 152 Å². The summed E-state index contributed by atoms with van der Waals surface area (Å²) < 4.78 is 64.1. The van der Waals surface area contributed by atoms with E-state index in [-0.39, 0.29) is 17.4 Å². The van der Waals surface area contributed by atoms with Crippen LogP contribution in [0.3, 0.4) is 0 Å². The second kappa shape index (κ2) is 5.96. The average molecular weight is 388 g/mol. The Kier molecular flexibility index (Phi) is 4.19. The van der Waals surface area contributed by atoms with E-state index in [1.54, 1.807) is 0 Å². The first kappa shape index (κ1) is 18.3. The van der Waals surface area contributed by atoms with Gasteiger partial charge in [-0.1, -0.05) is 30.3 Å². The number of halogens is 3. The van der Waals surface area contributed by atoms with Crippen molar-refractivity contribution in [2.45, 2.75) is 55.9 Å². The minimum atomic E-state index is -5.50. The molecule has 1 aromatic rings. The third-order valence-corrected chi connectivity index (χ3v) is 7.77. The van der Waals surface area contributed by atoms with E-state index in [2.05, 4.69) is 16.3 Å². The van der Waals surface area contributed by atoms with Gasteiger partial charge in [0.2, 0.25) is 0 Å². The van der Waals surface area contributed by atoms with Crippen LogP contribution < -0.4 is 0 Å². The van der Waals surface area contributed by atoms with Crippen LogP contribution in [0.25, 0.3) is 0 Å². The van der Waals surface area contributed by atoms with Crippen LogP contribution in [0.1, 0.15) is 50.5 Å². The van der Waals surface area contributed by atoms with Crippen molar-refractivity contribution in [1.29, 1.82) is 0 Å². The summed E-state index contributed by atoms with van der Waals surface area (Å²) in [6.45, 7) is -0.383. The molecular formula is C19H23F3O3S. The van der Waals surface area contributed by atoms with Gasteiger partial charge in [0.1, 0.15) is 0 Å². The monoisotopic (exact) mass is 388 g/mol. The summed E-state index contributed by atoms with van der Waals surface area (Å²) in [5.41, 5.74) is -4.03. The van der Waals surface area contributed by atoms with Crippen LogP contribution in [-0.2, 0) is 19.7 Å². The highest BCUT2D eigenvalue weighted by atomic mass is 32.2. The van der Waals surface area contributed by atoms with Gasteiger partial charge in [0, 0.05) is 0 Å². The topological polar surface area (TPSA) is 43.4 Å². The van der Waals surface area contributed by atoms with Gasteiger partial charge in [-0.05, 0) is 73.2 Å². The number of benzene rings is 1. The van der Waals surface area contributed by atoms with E-state index in [1.165, 1.54) is 12.0 Å². The van der Waals surface area contributed by atoms with E-state index in [0.717, 1.165) is 32.1 Å². The summed E-state index contributed by atoms with van der Waals surface area (Å²) in [7, 11) is -5.50. The van der Waals surface area contributed by atoms with Crippen molar-refractivity contribution in [3.8, 4) is 0 Å². The number of alkyl halides is 3. The van der Waals surface area contributed by atoms with Crippen LogP contribution in [0.2, 0.25) is 0 Å². The van der Waals surface area contributed by atoms with Crippen molar-refractivity contribution in [2.75, 3.05) is 6.61 Å². The van der Waals surface area contributed by atoms with Gasteiger partial charge in [0.15, 0.2) is 0 Å². The molecule has 2 atom stereocenters. The zero-order valence-electron chi connectivity index (χ0n) is 14.5. The molecule has 4 saturated carbocycles. The molecule has 4 fully saturated rings. The quantitative estimate of drug-likeness (QED) is 0.539. The van der Waals surface area contributed by atoms with Crippen molar-refractivity contribution in [1.82, 2.24) is 0 Å². The van der Waals surface area contributed by atoms with Gasteiger partial charge in [-0.3, -0.25) is 4.18 Å². The Bertz CT molecular complexity index is 759. The van der Waals surface area contributed by atoms with Crippen molar-refractivity contribution in [2.24, 2.45) is 17.3 Å². The predicted molar refractivity (Wildman–Crippen MR) is 90.8 cm³/mol. The molecule has 0 radical (unpaired) electrons. The zero-order chi connectivity index (χ0) is 18.6. The van der Waals surface area contributed by atoms with Crippen LogP contribution in [0.5, 0.6) is 0 Å². The fourth-order valence-corrected chi connectivity index (χ4v) is 6.75. The predicted octanol–water partition coefficient (Wildman–Crippen LogP) is 4.78. The smallest absolute Gasteiger partial charge is 0.263 e. The maximum Gasteiger partial charge on any atom is 0.523 e. The van der Waals surface area contributed by atoms with Crippen molar-refractivity contribution in [3.05, 3.63) is 35.9 Å². The molecule has 0 N–H and O–H groups in total. The van der Waals surface area contributed by atoms with Crippen LogP contribution in [0.15, 0.2) is 30.3 Å². The third kappa shape index (κ3) is 3.07. The van der Waals surface area contributed by atoms with Crippen LogP contribution in [-0.4, -0.2) is 20.5 Å². The Balaban J connectivity index is 1.52. The summed E-state index contributed by atoms with van der Waals surface area (Å²) >= 11 is 0. The molecule has 4 aliphatic rings. The molecule has 0 aromatic heterocycles. The van der Waals surface area contributed by atoms with Gasteiger partial charge < -0.3 is 0 Å². The lowest BCUT2D eigenvalue weighted by Gasteiger charge is -2.62. The summed E-state index contributed by atoms with van der Waals surface area (Å²) in [4.78, 5) is 0. The standard InChI is InChI=1S/C19H23F3O3S/c20-19(21,22)26(23,24)25-7-6-17-9-14-8-15(10-17)12-18(11-14,13-17)16-4-2-1-3-5-16/h1-5,14-15H,6-13H2. The second-order valence-electron chi connectivity index (χ2n) is 8.58. The van der Waals surface area contributed by atoms with E-state index in [9.17, 15) is 21.6 Å². The maximum absolute atomic E-state index is 12.5. The Hall–Kier alpha value is -1.08. The van der Waals surface area contributed by atoms with Gasteiger partial charge in [0.05, 0.1) is 6.61 Å². The molecule has 1 aromatic carbocycles. The summed E-state index contributed by atoms with van der Waals surface area (Å²) in [6.07, 6.45) is 6.73. The zero-order valence-corrected chi connectivity index (χ0v) is 15.3. The van der Waals surface area contributed by atoms with Crippen LogP contribution in [0.4, 0.5) is 13.2 Å². The molecule has 0 amide bonds. The summed E-state index contributed by atoms with van der Waals surface area (Å²) in [5, 5.41) is 0. The molecule has 0 aliphatic heterocycles. The fraction of sp³-hybridized carbons (Fsp3) is 0.684. The second-order valence-corrected chi connectivity index (χ2v) is 10.2. The van der Waals surface area contributed by atoms with E-state index in [4.69, 9.17) is 0 Å². The third-order valence-electron chi connectivity index (χ3n) is 6.72. The number of hydrogen-bond donors (Lipinski definition) is 0. The van der Waals surface area contributed by atoms with Crippen molar-refractivity contribution in [3.63, 3.8) is 0 Å². The van der Waals surface area contributed by atoms with Gasteiger partial charge >= 0.3 is 15.6 Å². The largest absolute Gasteiger partial charge is 0.523 e. The SMILES string of the molecule is O=S(=O)(OCCC12CC3CC(C1)CC(c1ccccc1)(C3)C2)C(F)(F)F. The van der Waals surface area contributed by atoms with Gasteiger partial charge in [0.25, 0.3) is 0 Å². The molecule has 0 heterocycles. The minimum absolute atomic E-state index is 0.0915. The molecule has 144 valence electrons. The highest BCUT2D eigenvalue weighted by molar-refractivity contribution is 7.87. The number of rotatable bonds is 5. The van der Waals surface area contributed by atoms with Crippen LogP contribution >= 0.6 is 0 Å². The summed E-state index contributed by atoms with van der Waals surface area (Å²) in [5.74, 6) is 1.16. The molecule has 4 bridgehead atoms. The first-order valence-corrected chi connectivity index (χ1v) is 10.6. The lowest BCUT2D eigenvalue weighted by Crippen LogP contribution is -2.54. The Morgan fingerprint density at radius 2 is 1.65 bits per heavy atom. The normalized spacial score (nSPS) is 36.4. The first-order chi connectivity index (χ1) is 12.1. The van der Waals surface area contributed by atoms with Crippen molar-refractivity contribution < 1.29 is 25.8 Å². The lowest BCUT2D eigenvalue weighted by atomic mass is 9.42. The van der Waals surface area contributed by atoms with Crippen LogP contribution in [0, 0.1) is 17.3 Å². The molecule has 26 heavy (non-hydrogen) atoms. The maximum atomic E-state index is 12.5. The van der Waals surface area contributed by atoms with Crippen molar-refractivity contribution >= 4 is 10.1 Å². The molecular weight excluding hydrogens is 365 g/mol. The van der Waals surface area contributed by atoms with E-state index < -0.39 is 15.6 Å². The average Bonchev–Trinajstić information content (AvgIpc) is 2.53. The highest BCUT2D eigenvalue weighted by Crippen LogP contribution is 2.66. The first-order valence-electron chi connectivity index (χ1n) is 9.14. The van der Waals surface area contributed by atoms with Gasteiger partial charge in [-0.2, -0.15) is 21.6 Å². The van der Waals surface area contributed by atoms with Gasteiger partial charge in [-0.25, -0.2) is 0 Å². The molecule has 3 nitrogen and oxygen atoms in total. The number of hydrogen-bond acceptors (Lipinski definition) is 3. The molecule has 2 unspecified atom stereocenters. The van der Waals surface area contributed by atoms with E-state index >= 15 is 0 Å². The van der Waals surface area contributed by atoms with E-state index in [1.807, 2.05) is 18.2 Å². The Morgan fingerprint density at radius 3 is 2.23 bits per heavy atom. The van der Waals surface area contributed by atoms with Gasteiger partial charge in [-0.15, -0.1) is 0 Å². The molecule has 0 spiro atoms. The fourth-order valence-electron chi connectivity index (χ4n) is 6.31. The summed E-state index contributed by atoms with van der Waals surface area (Å²) in [6, 6.07) is 10.4.